The molecule has 0 fully saturated rings. The Kier molecular flexibility index (Phi) is 6.15. The predicted molar refractivity (Wildman–Crippen MR) is 132 cm³/mol. The van der Waals surface area contributed by atoms with Gasteiger partial charge in [-0.05, 0) is 48.7 Å². The summed E-state index contributed by atoms with van der Waals surface area (Å²) in [6, 6.07) is 18.7. The molecule has 0 radical (unpaired) electrons. The number of carbonyl (C=O) groups excluding carboxylic acids is 2. The maximum Gasteiger partial charge on any atom is 0.339 e. The molecule has 4 heterocycles. The second-order valence-corrected chi connectivity index (χ2v) is 8.92. The van der Waals surface area contributed by atoms with Gasteiger partial charge in [-0.25, -0.2) is 14.5 Å². The molecule has 0 aliphatic carbocycles. The van der Waals surface area contributed by atoms with Crippen molar-refractivity contribution >= 4 is 34.2 Å². The number of benzene rings is 1. The molecule has 0 aliphatic heterocycles. The van der Waals surface area contributed by atoms with Crippen LogP contribution >= 0.6 is 11.3 Å². The SMILES string of the molecule is Cc1nn(-c2ccccc2)c2nc(-c3cccs3)cc(C(=O)OCC(=O)N(C)Cc3ccco3)c12. The number of carbonyl (C=O) groups is 2. The largest absolute Gasteiger partial charge is 0.467 e. The lowest BCUT2D eigenvalue weighted by atomic mass is 10.1. The molecule has 0 atom stereocenters. The molecule has 0 N–H and O–H groups in total. The van der Waals surface area contributed by atoms with Crippen molar-refractivity contribution in [2.24, 2.45) is 0 Å². The van der Waals surface area contributed by atoms with Gasteiger partial charge in [-0.3, -0.25) is 4.79 Å². The molecule has 1 amide bonds. The minimum Gasteiger partial charge on any atom is -0.467 e. The van der Waals surface area contributed by atoms with E-state index in [0.717, 1.165) is 10.6 Å². The second-order valence-electron chi connectivity index (χ2n) is 7.97. The van der Waals surface area contributed by atoms with Crippen molar-refractivity contribution in [1.82, 2.24) is 19.7 Å². The Hall–Kier alpha value is -4.24. The van der Waals surface area contributed by atoms with Gasteiger partial charge in [0.2, 0.25) is 0 Å². The Morgan fingerprint density at radius 3 is 2.66 bits per heavy atom. The lowest BCUT2D eigenvalue weighted by molar-refractivity contribution is -0.133. The van der Waals surface area contributed by atoms with Crippen LogP contribution in [0.2, 0.25) is 0 Å². The second kappa shape index (κ2) is 9.55. The fraction of sp³-hybridized carbons (Fsp3) is 0.154. The van der Waals surface area contributed by atoms with Crippen LogP contribution in [0.3, 0.4) is 0 Å². The lowest BCUT2D eigenvalue weighted by Gasteiger charge is -2.16. The highest BCUT2D eigenvalue weighted by Gasteiger charge is 2.23. The zero-order valence-electron chi connectivity index (χ0n) is 19.2. The van der Waals surface area contributed by atoms with Crippen molar-refractivity contribution in [3.63, 3.8) is 0 Å². The summed E-state index contributed by atoms with van der Waals surface area (Å²) in [4.78, 5) is 33.0. The number of hydrogen-bond donors (Lipinski definition) is 0. The zero-order valence-corrected chi connectivity index (χ0v) is 20.0. The number of furan rings is 1. The van der Waals surface area contributed by atoms with Crippen LogP contribution in [0.25, 0.3) is 27.3 Å². The molecule has 0 aliphatic rings. The van der Waals surface area contributed by atoms with Crippen molar-refractivity contribution in [3.8, 4) is 16.3 Å². The van der Waals surface area contributed by atoms with Gasteiger partial charge in [0.25, 0.3) is 5.91 Å². The van der Waals surface area contributed by atoms with Crippen LogP contribution in [0.5, 0.6) is 0 Å². The van der Waals surface area contributed by atoms with E-state index in [1.165, 1.54) is 16.2 Å². The monoisotopic (exact) mass is 486 g/mol. The van der Waals surface area contributed by atoms with E-state index in [9.17, 15) is 9.59 Å². The Morgan fingerprint density at radius 1 is 1.11 bits per heavy atom. The summed E-state index contributed by atoms with van der Waals surface area (Å²) >= 11 is 1.52. The summed E-state index contributed by atoms with van der Waals surface area (Å²) in [6.45, 7) is 1.72. The van der Waals surface area contributed by atoms with Crippen molar-refractivity contribution in [3.05, 3.63) is 89.3 Å². The quantitative estimate of drug-likeness (QED) is 0.305. The van der Waals surface area contributed by atoms with Gasteiger partial charge >= 0.3 is 5.97 Å². The number of thiophene rings is 1. The van der Waals surface area contributed by atoms with E-state index >= 15 is 0 Å². The van der Waals surface area contributed by atoms with Gasteiger partial charge in [0.15, 0.2) is 12.3 Å². The average Bonchev–Trinajstić information content (AvgIpc) is 3.64. The summed E-state index contributed by atoms with van der Waals surface area (Å²) in [7, 11) is 1.63. The number of ether oxygens (including phenoxy) is 1. The number of hydrogen-bond acceptors (Lipinski definition) is 7. The Bertz CT molecular complexity index is 1480. The van der Waals surface area contributed by atoms with Crippen LogP contribution in [0.4, 0.5) is 0 Å². The molecule has 0 saturated heterocycles. The predicted octanol–water partition coefficient (Wildman–Crippen LogP) is 4.87. The molecule has 0 unspecified atom stereocenters. The van der Waals surface area contributed by atoms with Gasteiger partial charge < -0.3 is 14.1 Å². The van der Waals surface area contributed by atoms with Gasteiger partial charge in [-0.2, -0.15) is 5.10 Å². The van der Waals surface area contributed by atoms with Crippen LogP contribution in [0.15, 0.2) is 76.7 Å². The van der Waals surface area contributed by atoms with Gasteiger partial charge in [-0.1, -0.05) is 24.3 Å². The van der Waals surface area contributed by atoms with E-state index in [1.807, 2.05) is 54.8 Å². The molecule has 1 aromatic carbocycles. The Balaban J connectivity index is 1.48. The van der Waals surface area contributed by atoms with Crippen LogP contribution < -0.4 is 0 Å². The summed E-state index contributed by atoms with van der Waals surface area (Å²) < 4.78 is 12.5. The first-order chi connectivity index (χ1) is 17.0. The number of nitrogens with zero attached hydrogens (tertiary/aromatic N) is 4. The number of rotatable bonds is 7. The van der Waals surface area contributed by atoms with Gasteiger partial charge in [-0.15, -0.1) is 11.3 Å². The number of aryl methyl sites for hydroxylation is 1. The molecule has 8 nitrogen and oxygen atoms in total. The van der Waals surface area contributed by atoms with Gasteiger partial charge in [0.05, 0.1) is 45.7 Å². The summed E-state index contributed by atoms with van der Waals surface area (Å²) in [5.41, 5.74) is 2.97. The molecule has 4 aromatic heterocycles. The molecule has 0 bridgehead atoms. The number of amides is 1. The third-order valence-electron chi connectivity index (χ3n) is 5.53. The number of esters is 1. The smallest absolute Gasteiger partial charge is 0.339 e. The van der Waals surface area contributed by atoms with Crippen molar-refractivity contribution in [2.45, 2.75) is 13.5 Å². The first-order valence-electron chi connectivity index (χ1n) is 10.9. The highest BCUT2D eigenvalue weighted by atomic mass is 32.1. The third-order valence-corrected chi connectivity index (χ3v) is 6.43. The maximum absolute atomic E-state index is 13.2. The molecule has 0 spiro atoms. The van der Waals surface area contributed by atoms with Gasteiger partial charge in [0.1, 0.15) is 5.76 Å². The summed E-state index contributed by atoms with van der Waals surface area (Å²) in [5.74, 6) is -0.298. The number of aromatic nitrogens is 3. The van der Waals surface area contributed by atoms with Crippen LogP contribution in [-0.4, -0.2) is 45.2 Å². The van der Waals surface area contributed by atoms with E-state index in [2.05, 4.69) is 5.10 Å². The normalized spacial score (nSPS) is 11.0. The Morgan fingerprint density at radius 2 is 1.94 bits per heavy atom. The van der Waals surface area contributed by atoms with Crippen molar-refractivity contribution in [1.29, 1.82) is 0 Å². The fourth-order valence-electron chi connectivity index (χ4n) is 3.79. The summed E-state index contributed by atoms with van der Waals surface area (Å²) in [5, 5.41) is 7.20. The van der Waals surface area contributed by atoms with Crippen LogP contribution in [0, 0.1) is 6.92 Å². The van der Waals surface area contributed by atoms with E-state index < -0.39 is 5.97 Å². The number of pyridine rings is 1. The van der Waals surface area contributed by atoms with E-state index in [4.69, 9.17) is 14.1 Å². The summed E-state index contributed by atoms with van der Waals surface area (Å²) in [6.07, 6.45) is 1.55. The van der Waals surface area contributed by atoms with Crippen molar-refractivity contribution in [2.75, 3.05) is 13.7 Å². The minimum atomic E-state index is -0.606. The highest BCUT2D eigenvalue weighted by Crippen LogP contribution is 2.31. The maximum atomic E-state index is 13.2. The molecule has 9 heteroatoms. The number of fused-ring (bicyclic) bond motifs is 1. The molecule has 5 aromatic rings. The molecule has 5 rings (SSSR count). The first-order valence-corrected chi connectivity index (χ1v) is 11.8. The van der Waals surface area contributed by atoms with E-state index in [0.29, 0.717) is 33.7 Å². The Labute approximate surface area is 205 Å². The molecule has 176 valence electrons. The lowest BCUT2D eigenvalue weighted by Crippen LogP contribution is -2.30. The number of para-hydroxylation sites is 1. The standard InChI is InChI=1S/C26H22N4O4S/c1-17-24-20(26(32)34-16-23(31)29(2)15-19-10-6-12-33-19)14-21(22-11-7-13-35-22)27-25(24)30(28-17)18-8-4-3-5-9-18/h3-14H,15-16H2,1-2H3. The highest BCUT2D eigenvalue weighted by molar-refractivity contribution is 7.13. The fourth-order valence-corrected chi connectivity index (χ4v) is 4.48. The van der Waals surface area contributed by atoms with Crippen LogP contribution in [0.1, 0.15) is 21.8 Å². The van der Waals surface area contributed by atoms with Crippen molar-refractivity contribution < 1.29 is 18.7 Å². The average molecular weight is 487 g/mol. The minimum absolute atomic E-state index is 0.286. The van der Waals surface area contributed by atoms with Crippen LogP contribution in [-0.2, 0) is 16.1 Å². The van der Waals surface area contributed by atoms with E-state index in [1.54, 1.807) is 36.2 Å². The van der Waals surface area contributed by atoms with E-state index in [-0.39, 0.29) is 19.1 Å². The first kappa shape index (κ1) is 22.5. The third kappa shape index (κ3) is 4.58. The molecule has 35 heavy (non-hydrogen) atoms. The molecule has 0 saturated carbocycles. The molecular weight excluding hydrogens is 464 g/mol. The topological polar surface area (TPSA) is 90.5 Å². The van der Waals surface area contributed by atoms with Gasteiger partial charge in [0, 0.05) is 7.05 Å². The molecular formula is C26H22N4O4S. The zero-order chi connectivity index (χ0) is 24.4. The number of likely N-dealkylation sites (N-methyl/N-ethyl adjacent to an activating group) is 1.